The number of anilines is 1. The largest absolute Gasteiger partial charge is 0.319 e. The maximum atomic E-state index is 13.0. The van der Waals surface area contributed by atoms with Crippen molar-refractivity contribution < 1.29 is 4.79 Å². The van der Waals surface area contributed by atoms with E-state index >= 15 is 0 Å². The van der Waals surface area contributed by atoms with Crippen LogP contribution in [0, 0.1) is 6.92 Å². The van der Waals surface area contributed by atoms with E-state index in [2.05, 4.69) is 14.8 Å². The van der Waals surface area contributed by atoms with Gasteiger partial charge in [-0.1, -0.05) is 42.5 Å². The number of rotatable bonds is 3. The van der Waals surface area contributed by atoms with Crippen LogP contribution in [-0.2, 0) is 0 Å². The molecule has 5 aromatic rings. The fourth-order valence-electron chi connectivity index (χ4n) is 3.51. The minimum absolute atomic E-state index is 0.210. The molecule has 1 amide bonds. The van der Waals surface area contributed by atoms with Crippen molar-refractivity contribution in [3.63, 3.8) is 0 Å². The summed E-state index contributed by atoms with van der Waals surface area (Å²) in [5, 5.41) is 7.15. The van der Waals surface area contributed by atoms with E-state index in [1.165, 1.54) is 11.5 Å². The second-order valence-corrected chi connectivity index (χ2v) is 7.55. The van der Waals surface area contributed by atoms with Gasteiger partial charge in [0.2, 0.25) is 0 Å². The molecule has 7 heteroatoms. The Balaban J connectivity index is 1.65. The third kappa shape index (κ3) is 2.83. The molecular formula is C22H16N4O2S. The number of carbonyl (C=O) groups excluding carboxylic acids is 1. The number of hydrogen-bond acceptors (Lipinski definition) is 4. The fraction of sp³-hybridized carbons (Fsp3) is 0.0455. The first-order valence-electron chi connectivity index (χ1n) is 9.09. The van der Waals surface area contributed by atoms with E-state index < -0.39 is 0 Å². The second kappa shape index (κ2) is 6.72. The van der Waals surface area contributed by atoms with Crippen LogP contribution in [0.4, 0.5) is 5.69 Å². The molecule has 0 aliphatic carbocycles. The zero-order valence-electron chi connectivity index (χ0n) is 15.5. The normalized spacial score (nSPS) is 11.2. The minimum Gasteiger partial charge on any atom is -0.319 e. The van der Waals surface area contributed by atoms with Crippen molar-refractivity contribution in [2.75, 3.05) is 5.32 Å². The molecule has 0 radical (unpaired) electrons. The molecule has 0 aliphatic heterocycles. The van der Waals surface area contributed by atoms with Crippen molar-refractivity contribution in [2.45, 2.75) is 6.92 Å². The van der Waals surface area contributed by atoms with Gasteiger partial charge in [0.05, 0.1) is 27.0 Å². The molecule has 2 aromatic heterocycles. The lowest BCUT2D eigenvalue weighted by Crippen LogP contribution is -2.13. The van der Waals surface area contributed by atoms with Gasteiger partial charge in [-0.05, 0) is 48.3 Å². The predicted octanol–water partition coefficient (Wildman–Crippen LogP) is 4.49. The molecule has 29 heavy (non-hydrogen) atoms. The second-order valence-electron chi connectivity index (χ2n) is 6.75. The van der Waals surface area contributed by atoms with E-state index in [1.54, 1.807) is 22.9 Å². The highest BCUT2D eigenvalue weighted by molar-refractivity contribution is 7.13. The molecular weight excluding hydrogens is 384 g/mol. The third-order valence-corrected chi connectivity index (χ3v) is 5.74. The van der Waals surface area contributed by atoms with Crippen molar-refractivity contribution in [2.24, 2.45) is 0 Å². The summed E-state index contributed by atoms with van der Waals surface area (Å²) < 4.78 is 7.00. The van der Waals surface area contributed by atoms with Gasteiger partial charge in [-0.15, -0.1) is 0 Å². The van der Waals surface area contributed by atoms with Crippen LogP contribution in [0.2, 0.25) is 0 Å². The Morgan fingerprint density at radius 1 is 1.00 bits per heavy atom. The van der Waals surface area contributed by atoms with Crippen LogP contribution >= 0.6 is 11.5 Å². The quantitative estimate of drug-likeness (QED) is 0.468. The Morgan fingerprint density at radius 3 is 2.62 bits per heavy atom. The molecule has 142 valence electrons. The first-order valence-corrected chi connectivity index (χ1v) is 9.86. The van der Waals surface area contributed by atoms with Gasteiger partial charge in [-0.3, -0.25) is 19.4 Å². The van der Waals surface area contributed by atoms with Crippen molar-refractivity contribution in [3.8, 4) is 5.69 Å². The van der Waals surface area contributed by atoms with Crippen LogP contribution in [0.1, 0.15) is 16.1 Å². The van der Waals surface area contributed by atoms with Crippen LogP contribution in [0.15, 0.2) is 71.5 Å². The fourth-order valence-corrected chi connectivity index (χ4v) is 4.29. The number of H-pyrrole nitrogens is 1. The zero-order chi connectivity index (χ0) is 20.0. The van der Waals surface area contributed by atoms with E-state index in [1.807, 2.05) is 55.5 Å². The SMILES string of the molecule is Cc1ccccc1-n1[nH]c(=O)c2cccc(NC(=O)c3nsc4ccccc34)c21. The minimum atomic E-state index is -0.306. The van der Waals surface area contributed by atoms with Gasteiger partial charge >= 0.3 is 0 Å². The van der Waals surface area contributed by atoms with E-state index in [0.717, 1.165) is 21.3 Å². The highest BCUT2D eigenvalue weighted by atomic mass is 32.1. The molecule has 2 heterocycles. The Bertz CT molecular complexity index is 1440. The summed E-state index contributed by atoms with van der Waals surface area (Å²) in [6.45, 7) is 1.97. The average molecular weight is 400 g/mol. The van der Waals surface area contributed by atoms with Crippen LogP contribution in [-0.4, -0.2) is 20.1 Å². The summed E-state index contributed by atoms with van der Waals surface area (Å²) in [4.78, 5) is 25.5. The number of hydrogen-bond donors (Lipinski definition) is 2. The number of aromatic nitrogens is 3. The number of para-hydroxylation sites is 2. The van der Waals surface area contributed by atoms with E-state index in [9.17, 15) is 9.59 Å². The number of amides is 1. The Hall–Kier alpha value is -3.71. The highest BCUT2D eigenvalue weighted by Crippen LogP contribution is 2.27. The zero-order valence-corrected chi connectivity index (χ0v) is 16.3. The molecule has 5 rings (SSSR count). The molecule has 0 fully saturated rings. The summed E-state index contributed by atoms with van der Waals surface area (Å²) in [5.74, 6) is -0.306. The number of benzene rings is 3. The predicted molar refractivity (Wildman–Crippen MR) is 116 cm³/mol. The molecule has 0 bridgehead atoms. The van der Waals surface area contributed by atoms with Gasteiger partial charge in [0.1, 0.15) is 5.69 Å². The summed E-state index contributed by atoms with van der Waals surface area (Å²) in [7, 11) is 0. The molecule has 0 saturated carbocycles. The maximum Gasteiger partial charge on any atom is 0.276 e. The van der Waals surface area contributed by atoms with Gasteiger partial charge < -0.3 is 5.32 Å². The number of carbonyl (C=O) groups is 1. The average Bonchev–Trinajstić information content (AvgIpc) is 3.31. The molecule has 6 nitrogen and oxygen atoms in total. The van der Waals surface area contributed by atoms with Gasteiger partial charge in [0.25, 0.3) is 11.5 Å². The lowest BCUT2D eigenvalue weighted by molar-refractivity contribution is 0.102. The summed E-state index contributed by atoms with van der Waals surface area (Å²) in [5.41, 5.74) is 3.19. The van der Waals surface area contributed by atoms with Crippen molar-refractivity contribution >= 4 is 44.1 Å². The summed E-state index contributed by atoms with van der Waals surface area (Å²) in [6.07, 6.45) is 0. The monoisotopic (exact) mass is 400 g/mol. The first kappa shape index (κ1) is 17.4. The van der Waals surface area contributed by atoms with Crippen molar-refractivity contribution in [3.05, 3.63) is 88.3 Å². The number of nitrogens with zero attached hydrogens (tertiary/aromatic N) is 2. The van der Waals surface area contributed by atoms with Crippen LogP contribution in [0.5, 0.6) is 0 Å². The Kier molecular flexibility index (Phi) is 4.03. The number of aromatic amines is 1. The number of aryl methyl sites for hydroxylation is 1. The third-order valence-electron chi connectivity index (χ3n) is 4.91. The summed E-state index contributed by atoms with van der Waals surface area (Å²) in [6, 6.07) is 20.7. The van der Waals surface area contributed by atoms with Crippen molar-refractivity contribution in [1.82, 2.24) is 14.2 Å². The molecule has 0 atom stereocenters. The van der Waals surface area contributed by atoms with Crippen LogP contribution in [0.25, 0.3) is 26.7 Å². The molecule has 0 spiro atoms. The Labute approximate surface area is 169 Å². The van der Waals surface area contributed by atoms with Crippen molar-refractivity contribution in [1.29, 1.82) is 0 Å². The van der Waals surface area contributed by atoms with Gasteiger partial charge in [0.15, 0.2) is 0 Å². The molecule has 0 saturated heterocycles. The van der Waals surface area contributed by atoms with Gasteiger partial charge in [-0.25, -0.2) is 0 Å². The van der Waals surface area contributed by atoms with Crippen LogP contribution in [0.3, 0.4) is 0 Å². The topological polar surface area (TPSA) is 79.8 Å². The molecule has 0 aliphatic rings. The lowest BCUT2D eigenvalue weighted by Gasteiger charge is -2.11. The molecule has 0 unspecified atom stereocenters. The van der Waals surface area contributed by atoms with E-state index in [-0.39, 0.29) is 11.5 Å². The number of nitrogens with one attached hydrogen (secondary N) is 2. The number of fused-ring (bicyclic) bond motifs is 2. The molecule has 3 aromatic carbocycles. The molecule has 2 N–H and O–H groups in total. The van der Waals surface area contributed by atoms with E-state index in [0.29, 0.717) is 22.3 Å². The van der Waals surface area contributed by atoms with Gasteiger partial charge in [-0.2, -0.15) is 4.37 Å². The smallest absolute Gasteiger partial charge is 0.276 e. The summed E-state index contributed by atoms with van der Waals surface area (Å²) >= 11 is 1.29. The van der Waals surface area contributed by atoms with Crippen LogP contribution < -0.4 is 10.9 Å². The highest BCUT2D eigenvalue weighted by Gasteiger charge is 2.18. The lowest BCUT2D eigenvalue weighted by atomic mass is 10.1. The standard InChI is InChI=1S/C22H16N4O2S/c1-13-7-2-4-11-17(13)26-20-15(21(27)24-26)9-6-10-16(20)23-22(28)19-14-8-3-5-12-18(14)29-25-19/h2-12H,1H3,(H,23,28)(H,24,27). The maximum absolute atomic E-state index is 13.0. The van der Waals surface area contributed by atoms with E-state index in [4.69, 9.17) is 0 Å². The Morgan fingerprint density at radius 2 is 1.76 bits per heavy atom. The first-order chi connectivity index (χ1) is 14.1. The van der Waals surface area contributed by atoms with Gasteiger partial charge in [0, 0.05) is 5.39 Å².